The Labute approximate surface area is 124 Å². The van der Waals surface area contributed by atoms with Crippen LogP contribution in [0.5, 0.6) is 0 Å². The minimum absolute atomic E-state index is 0.111. The van der Waals surface area contributed by atoms with Crippen molar-refractivity contribution >= 4 is 11.5 Å². The lowest BCUT2D eigenvalue weighted by molar-refractivity contribution is 0.318. The Balaban J connectivity index is 2.07. The number of amidine groups is 1. The van der Waals surface area contributed by atoms with Crippen LogP contribution in [0.15, 0.2) is 41.7 Å². The summed E-state index contributed by atoms with van der Waals surface area (Å²) < 4.78 is 1.95. The normalized spacial score (nSPS) is 11.9. The van der Waals surface area contributed by atoms with Crippen molar-refractivity contribution in [3.05, 3.63) is 47.8 Å². The summed E-state index contributed by atoms with van der Waals surface area (Å²) in [5.74, 6) is 0.111. The summed E-state index contributed by atoms with van der Waals surface area (Å²) in [4.78, 5) is 2.10. The SMILES string of the molecule is CC(C)n1ccc(CN(C)c2ccc(C(N)=NO)cc2)n1. The molecule has 0 aliphatic carbocycles. The highest BCUT2D eigenvalue weighted by Crippen LogP contribution is 2.16. The van der Waals surface area contributed by atoms with Gasteiger partial charge in [-0.25, -0.2) is 0 Å². The number of aromatic nitrogens is 2. The summed E-state index contributed by atoms with van der Waals surface area (Å²) >= 11 is 0. The van der Waals surface area contributed by atoms with Crippen molar-refractivity contribution in [2.75, 3.05) is 11.9 Å². The fourth-order valence-corrected chi connectivity index (χ4v) is 2.03. The molecule has 1 aromatic heterocycles. The van der Waals surface area contributed by atoms with Gasteiger partial charge in [0.2, 0.25) is 0 Å². The van der Waals surface area contributed by atoms with Gasteiger partial charge in [-0.05, 0) is 44.2 Å². The predicted octanol–water partition coefficient (Wildman–Crippen LogP) is 2.19. The quantitative estimate of drug-likeness (QED) is 0.382. The average Bonchev–Trinajstić information content (AvgIpc) is 2.95. The standard InChI is InChI=1S/C15H21N5O/c1-11(2)20-9-8-13(17-20)10-19(3)14-6-4-12(5-7-14)15(16)18-21/h4-9,11,21H,10H2,1-3H3,(H2,16,18). The molecule has 1 aromatic carbocycles. The molecule has 0 radical (unpaired) electrons. The molecule has 0 aliphatic heterocycles. The zero-order valence-electron chi connectivity index (χ0n) is 12.6. The van der Waals surface area contributed by atoms with E-state index in [9.17, 15) is 0 Å². The van der Waals surface area contributed by atoms with E-state index in [-0.39, 0.29) is 5.84 Å². The summed E-state index contributed by atoms with van der Waals surface area (Å²) in [6.07, 6.45) is 2.00. The molecule has 6 heteroatoms. The van der Waals surface area contributed by atoms with Crippen LogP contribution < -0.4 is 10.6 Å². The molecule has 0 unspecified atom stereocenters. The lowest BCUT2D eigenvalue weighted by Crippen LogP contribution is -2.18. The molecule has 0 aliphatic rings. The largest absolute Gasteiger partial charge is 0.409 e. The molecular weight excluding hydrogens is 266 g/mol. The van der Waals surface area contributed by atoms with Crippen LogP contribution in [0, 0.1) is 0 Å². The van der Waals surface area contributed by atoms with Gasteiger partial charge in [0.25, 0.3) is 0 Å². The van der Waals surface area contributed by atoms with E-state index in [2.05, 4.69) is 29.0 Å². The Kier molecular flexibility index (Phi) is 4.47. The lowest BCUT2D eigenvalue weighted by atomic mass is 10.2. The molecule has 21 heavy (non-hydrogen) atoms. The molecular formula is C15H21N5O. The Morgan fingerprint density at radius 3 is 2.52 bits per heavy atom. The Morgan fingerprint density at radius 2 is 2.00 bits per heavy atom. The summed E-state index contributed by atoms with van der Waals surface area (Å²) in [6, 6.07) is 9.92. The molecule has 0 atom stereocenters. The molecule has 2 aromatic rings. The zero-order valence-corrected chi connectivity index (χ0v) is 12.6. The van der Waals surface area contributed by atoms with Crippen LogP contribution in [-0.4, -0.2) is 27.9 Å². The van der Waals surface area contributed by atoms with Gasteiger partial charge in [-0.1, -0.05) is 5.16 Å². The van der Waals surface area contributed by atoms with Crippen molar-refractivity contribution < 1.29 is 5.21 Å². The van der Waals surface area contributed by atoms with Gasteiger partial charge in [-0.2, -0.15) is 5.10 Å². The highest BCUT2D eigenvalue weighted by molar-refractivity contribution is 5.97. The first-order valence-electron chi connectivity index (χ1n) is 6.84. The first kappa shape index (κ1) is 14.9. The third kappa shape index (κ3) is 3.53. The van der Waals surface area contributed by atoms with Crippen LogP contribution in [0.3, 0.4) is 0 Å². The van der Waals surface area contributed by atoms with E-state index in [4.69, 9.17) is 10.9 Å². The fraction of sp³-hybridized carbons (Fsp3) is 0.333. The number of anilines is 1. The number of nitrogens with zero attached hydrogens (tertiary/aromatic N) is 4. The molecule has 0 amide bonds. The number of oxime groups is 1. The van der Waals surface area contributed by atoms with E-state index in [1.165, 1.54) is 0 Å². The number of nitrogens with two attached hydrogens (primary N) is 1. The number of hydrogen-bond donors (Lipinski definition) is 2. The van der Waals surface area contributed by atoms with E-state index >= 15 is 0 Å². The minimum atomic E-state index is 0.111. The van der Waals surface area contributed by atoms with Crippen LogP contribution >= 0.6 is 0 Å². The smallest absolute Gasteiger partial charge is 0.170 e. The Bertz CT molecular complexity index is 615. The van der Waals surface area contributed by atoms with Gasteiger partial charge in [-0.15, -0.1) is 0 Å². The molecule has 0 bridgehead atoms. The van der Waals surface area contributed by atoms with E-state index in [1.54, 1.807) is 0 Å². The second-order valence-corrected chi connectivity index (χ2v) is 5.27. The monoisotopic (exact) mass is 287 g/mol. The van der Waals surface area contributed by atoms with E-state index < -0.39 is 0 Å². The number of rotatable bonds is 5. The van der Waals surface area contributed by atoms with Crippen LogP contribution in [-0.2, 0) is 6.54 Å². The first-order valence-corrected chi connectivity index (χ1v) is 6.84. The Hall–Kier alpha value is -2.50. The second-order valence-electron chi connectivity index (χ2n) is 5.27. The molecule has 1 heterocycles. The van der Waals surface area contributed by atoms with E-state index in [0.717, 1.165) is 17.9 Å². The van der Waals surface area contributed by atoms with Crippen molar-refractivity contribution in [3.8, 4) is 0 Å². The fourth-order valence-electron chi connectivity index (χ4n) is 2.03. The summed E-state index contributed by atoms with van der Waals surface area (Å²) in [5, 5.41) is 16.2. The van der Waals surface area contributed by atoms with Crippen LogP contribution in [0.4, 0.5) is 5.69 Å². The summed E-state index contributed by atoms with van der Waals surface area (Å²) in [5.41, 5.74) is 8.31. The Morgan fingerprint density at radius 1 is 1.33 bits per heavy atom. The maximum Gasteiger partial charge on any atom is 0.170 e. The molecule has 6 nitrogen and oxygen atoms in total. The zero-order chi connectivity index (χ0) is 15.4. The van der Waals surface area contributed by atoms with E-state index in [0.29, 0.717) is 11.6 Å². The van der Waals surface area contributed by atoms with Gasteiger partial charge in [-0.3, -0.25) is 4.68 Å². The van der Waals surface area contributed by atoms with Gasteiger partial charge in [0.1, 0.15) is 0 Å². The van der Waals surface area contributed by atoms with Gasteiger partial charge in [0, 0.05) is 30.5 Å². The molecule has 0 saturated heterocycles. The first-order chi connectivity index (χ1) is 10.0. The van der Waals surface area contributed by atoms with Gasteiger partial charge in [0.05, 0.1) is 12.2 Å². The van der Waals surface area contributed by atoms with Crippen molar-refractivity contribution in [2.24, 2.45) is 10.9 Å². The third-order valence-electron chi connectivity index (χ3n) is 3.30. The molecule has 112 valence electrons. The molecule has 3 N–H and O–H groups in total. The van der Waals surface area contributed by atoms with Crippen LogP contribution in [0.25, 0.3) is 0 Å². The average molecular weight is 287 g/mol. The second kappa shape index (κ2) is 6.30. The lowest BCUT2D eigenvalue weighted by Gasteiger charge is -2.18. The van der Waals surface area contributed by atoms with Crippen molar-refractivity contribution in [2.45, 2.75) is 26.4 Å². The molecule has 0 fully saturated rings. The maximum absolute atomic E-state index is 8.65. The van der Waals surface area contributed by atoms with E-state index in [1.807, 2.05) is 48.3 Å². The number of hydrogen-bond acceptors (Lipinski definition) is 4. The van der Waals surface area contributed by atoms with Gasteiger partial charge < -0.3 is 15.8 Å². The number of benzene rings is 1. The summed E-state index contributed by atoms with van der Waals surface area (Å²) in [7, 11) is 2.01. The summed E-state index contributed by atoms with van der Waals surface area (Å²) in [6.45, 7) is 4.93. The topological polar surface area (TPSA) is 79.7 Å². The maximum atomic E-state index is 8.65. The van der Waals surface area contributed by atoms with Crippen LogP contribution in [0.1, 0.15) is 31.1 Å². The van der Waals surface area contributed by atoms with Gasteiger partial charge in [0.15, 0.2) is 5.84 Å². The molecule has 2 rings (SSSR count). The predicted molar refractivity (Wildman–Crippen MR) is 83.7 cm³/mol. The van der Waals surface area contributed by atoms with Gasteiger partial charge >= 0.3 is 0 Å². The highest BCUT2D eigenvalue weighted by atomic mass is 16.4. The van der Waals surface area contributed by atoms with Crippen molar-refractivity contribution in [1.82, 2.24) is 9.78 Å². The van der Waals surface area contributed by atoms with Crippen LogP contribution in [0.2, 0.25) is 0 Å². The highest BCUT2D eigenvalue weighted by Gasteiger charge is 2.07. The molecule has 0 spiro atoms. The van der Waals surface area contributed by atoms with Crippen molar-refractivity contribution in [1.29, 1.82) is 0 Å². The molecule has 0 saturated carbocycles. The minimum Gasteiger partial charge on any atom is -0.409 e. The third-order valence-corrected chi connectivity index (χ3v) is 3.30. The van der Waals surface area contributed by atoms with Crippen molar-refractivity contribution in [3.63, 3.8) is 0 Å².